The van der Waals surface area contributed by atoms with E-state index in [0.717, 1.165) is 51.4 Å². The molecule has 0 fully saturated rings. The van der Waals surface area contributed by atoms with Crippen molar-refractivity contribution in [1.29, 1.82) is 0 Å². The summed E-state index contributed by atoms with van der Waals surface area (Å²) in [7, 11) is 1.41. The van der Waals surface area contributed by atoms with Gasteiger partial charge in [-0.1, -0.05) is 57.3 Å². The number of aliphatic hydroxyl groups is 1. The van der Waals surface area contributed by atoms with Gasteiger partial charge in [0.15, 0.2) is 5.78 Å². The van der Waals surface area contributed by atoms with Crippen LogP contribution in [0.25, 0.3) is 0 Å². The zero-order valence-electron chi connectivity index (χ0n) is 16.7. The lowest BCUT2D eigenvalue weighted by atomic mass is 9.88. The number of methoxy groups -OCH3 is 1. The van der Waals surface area contributed by atoms with Crippen LogP contribution in [0.1, 0.15) is 78.1 Å². The van der Waals surface area contributed by atoms with Crippen LogP contribution in [0.15, 0.2) is 24.3 Å². The van der Waals surface area contributed by atoms with E-state index in [-0.39, 0.29) is 23.6 Å². The van der Waals surface area contributed by atoms with Gasteiger partial charge in [-0.2, -0.15) is 0 Å². The lowest BCUT2D eigenvalue weighted by molar-refractivity contribution is -0.140. The number of carbonyl (C=O) groups is 2. The Labute approximate surface area is 158 Å². The summed E-state index contributed by atoms with van der Waals surface area (Å²) in [5.74, 6) is 0.249. The molecule has 0 radical (unpaired) electrons. The molecule has 0 aromatic heterocycles. The quantitative estimate of drug-likeness (QED) is 0.291. The van der Waals surface area contributed by atoms with Crippen molar-refractivity contribution < 1.29 is 19.4 Å². The summed E-state index contributed by atoms with van der Waals surface area (Å²) in [6.07, 6.45) is 16.6. The summed E-state index contributed by atoms with van der Waals surface area (Å²) in [4.78, 5) is 23.2. The molecule has 0 saturated carbocycles. The summed E-state index contributed by atoms with van der Waals surface area (Å²) in [6.45, 7) is 4.01. The zero-order valence-corrected chi connectivity index (χ0v) is 16.7. The second-order valence-corrected chi connectivity index (χ2v) is 7.71. The Hall–Kier alpha value is -1.42. The summed E-state index contributed by atoms with van der Waals surface area (Å²) in [5, 5.41) is 10.3. The molecule has 0 heterocycles. The Morgan fingerprint density at radius 2 is 2.00 bits per heavy atom. The lowest BCUT2D eigenvalue weighted by Crippen LogP contribution is -2.22. The van der Waals surface area contributed by atoms with Crippen molar-refractivity contribution in [2.24, 2.45) is 11.8 Å². The Kier molecular flexibility index (Phi) is 10.5. The lowest BCUT2D eigenvalue weighted by Gasteiger charge is -2.21. The van der Waals surface area contributed by atoms with Crippen LogP contribution in [0.5, 0.6) is 0 Å². The Morgan fingerprint density at radius 3 is 2.69 bits per heavy atom. The second-order valence-electron chi connectivity index (χ2n) is 7.71. The fourth-order valence-corrected chi connectivity index (χ4v) is 3.41. The number of hydrogen-bond donors (Lipinski definition) is 1. The van der Waals surface area contributed by atoms with Gasteiger partial charge in [-0.25, -0.2) is 0 Å². The molecule has 1 rings (SSSR count). The minimum Gasteiger partial charge on any atom is -0.469 e. The highest BCUT2D eigenvalue weighted by molar-refractivity contribution is 5.94. The van der Waals surface area contributed by atoms with Gasteiger partial charge in [-0.3, -0.25) is 9.59 Å². The molecule has 0 spiro atoms. The first-order valence-electron chi connectivity index (χ1n) is 10.1. The van der Waals surface area contributed by atoms with Crippen molar-refractivity contribution in [1.82, 2.24) is 0 Å². The van der Waals surface area contributed by atoms with Gasteiger partial charge in [-0.05, 0) is 38.7 Å². The molecule has 0 aliphatic heterocycles. The summed E-state index contributed by atoms with van der Waals surface area (Å²) in [5.41, 5.74) is -0.659. The SMILES string of the molecule is CCCCC(C)(O)C/C=C/[C@@H]1C=CC(=O)[C@H]1CCCCCCC(=O)OC. The summed E-state index contributed by atoms with van der Waals surface area (Å²) in [6, 6.07) is 0. The predicted octanol–water partition coefficient (Wildman–Crippen LogP) is 4.76. The normalized spacial score (nSPS) is 22.1. The molecule has 1 unspecified atom stereocenters. The van der Waals surface area contributed by atoms with Gasteiger partial charge in [0.25, 0.3) is 0 Å². The Morgan fingerprint density at radius 1 is 1.27 bits per heavy atom. The highest BCUT2D eigenvalue weighted by Gasteiger charge is 2.27. The van der Waals surface area contributed by atoms with Crippen LogP contribution in [-0.2, 0) is 14.3 Å². The summed E-state index contributed by atoms with van der Waals surface area (Å²) < 4.78 is 4.63. The molecule has 0 aromatic carbocycles. The van der Waals surface area contributed by atoms with Crippen LogP contribution >= 0.6 is 0 Å². The maximum Gasteiger partial charge on any atom is 0.305 e. The third-order valence-electron chi connectivity index (χ3n) is 5.17. The molecule has 0 aromatic rings. The van der Waals surface area contributed by atoms with Crippen LogP contribution in [0.3, 0.4) is 0 Å². The van der Waals surface area contributed by atoms with E-state index in [1.165, 1.54) is 7.11 Å². The maximum atomic E-state index is 12.1. The van der Waals surface area contributed by atoms with Gasteiger partial charge in [0.05, 0.1) is 12.7 Å². The number of unbranched alkanes of at least 4 members (excludes halogenated alkanes) is 4. The monoisotopic (exact) mass is 364 g/mol. The van der Waals surface area contributed by atoms with E-state index in [1.807, 2.05) is 19.1 Å². The number of esters is 1. The van der Waals surface area contributed by atoms with Gasteiger partial charge in [0, 0.05) is 18.3 Å². The Balaban J connectivity index is 2.32. The molecule has 3 atom stereocenters. The minimum absolute atomic E-state index is 0.0347. The minimum atomic E-state index is -0.659. The first kappa shape index (κ1) is 22.6. The zero-order chi connectivity index (χ0) is 19.4. The van der Waals surface area contributed by atoms with Crippen molar-refractivity contribution in [3.8, 4) is 0 Å². The number of carbonyl (C=O) groups excluding carboxylic acids is 2. The van der Waals surface area contributed by atoms with Crippen LogP contribution in [0.4, 0.5) is 0 Å². The molecule has 1 aliphatic rings. The van der Waals surface area contributed by atoms with Gasteiger partial charge < -0.3 is 9.84 Å². The molecule has 4 heteroatoms. The van der Waals surface area contributed by atoms with E-state index >= 15 is 0 Å². The number of hydrogen-bond acceptors (Lipinski definition) is 4. The van der Waals surface area contributed by atoms with Crippen molar-refractivity contribution in [3.63, 3.8) is 0 Å². The van der Waals surface area contributed by atoms with Gasteiger partial charge in [-0.15, -0.1) is 0 Å². The fourth-order valence-electron chi connectivity index (χ4n) is 3.41. The highest BCUT2D eigenvalue weighted by atomic mass is 16.5. The van der Waals surface area contributed by atoms with Gasteiger partial charge in [0.2, 0.25) is 0 Å². The van der Waals surface area contributed by atoms with Crippen molar-refractivity contribution in [3.05, 3.63) is 24.3 Å². The van der Waals surface area contributed by atoms with Crippen LogP contribution < -0.4 is 0 Å². The maximum absolute atomic E-state index is 12.1. The average Bonchev–Trinajstić information content (AvgIpc) is 2.96. The van der Waals surface area contributed by atoms with Crippen LogP contribution in [0, 0.1) is 11.8 Å². The van der Waals surface area contributed by atoms with E-state index < -0.39 is 5.60 Å². The molecular weight excluding hydrogens is 328 g/mol. The molecule has 0 bridgehead atoms. The molecule has 1 N–H and O–H groups in total. The number of ketones is 1. The molecule has 26 heavy (non-hydrogen) atoms. The second kappa shape index (κ2) is 12.1. The molecule has 4 nitrogen and oxygen atoms in total. The predicted molar refractivity (Wildman–Crippen MR) is 105 cm³/mol. The number of rotatable bonds is 13. The van der Waals surface area contributed by atoms with E-state index in [9.17, 15) is 14.7 Å². The largest absolute Gasteiger partial charge is 0.469 e. The third-order valence-corrected chi connectivity index (χ3v) is 5.17. The van der Waals surface area contributed by atoms with Gasteiger partial charge >= 0.3 is 5.97 Å². The van der Waals surface area contributed by atoms with Crippen LogP contribution in [0.2, 0.25) is 0 Å². The third kappa shape index (κ3) is 8.79. The highest BCUT2D eigenvalue weighted by Crippen LogP contribution is 2.29. The molecular formula is C22H36O4. The average molecular weight is 365 g/mol. The molecule has 0 amide bonds. The van der Waals surface area contributed by atoms with Crippen molar-refractivity contribution >= 4 is 11.8 Å². The smallest absolute Gasteiger partial charge is 0.305 e. The molecule has 148 valence electrons. The topological polar surface area (TPSA) is 63.6 Å². The first-order valence-corrected chi connectivity index (χ1v) is 10.1. The standard InChI is InChI=1S/C22H36O4/c1-4-5-16-22(2,25)17-10-11-18-14-15-20(23)19(18)12-8-6-7-9-13-21(24)26-3/h10-11,14-15,18-19,25H,4-9,12-13,16-17H2,1-3H3/b11-10+/t18-,19+,22?/m1/s1. The summed E-state index contributed by atoms with van der Waals surface area (Å²) >= 11 is 0. The Bertz CT molecular complexity index is 490. The van der Waals surface area contributed by atoms with Crippen molar-refractivity contribution in [2.75, 3.05) is 7.11 Å². The first-order chi connectivity index (χ1) is 12.4. The number of ether oxygens (including phenoxy) is 1. The molecule has 1 aliphatic carbocycles. The van der Waals surface area contributed by atoms with Crippen LogP contribution in [-0.4, -0.2) is 29.6 Å². The van der Waals surface area contributed by atoms with Gasteiger partial charge in [0.1, 0.15) is 0 Å². The number of allylic oxidation sites excluding steroid dienone is 3. The van der Waals surface area contributed by atoms with E-state index in [1.54, 1.807) is 6.08 Å². The van der Waals surface area contributed by atoms with Crippen molar-refractivity contribution in [2.45, 2.75) is 83.7 Å². The van der Waals surface area contributed by atoms with E-state index in [2.05, 4.69) is 17.7 Å². The van der Waals surface area contributed by atoms with E-state index in [0.29, 0.717) is 12.8 Å². The molecule has 0 saturated heterocycles. The fraction of sp³-hybridized carbons (Fsp3) is 0.727. The van der Waals surface area contributed by atoms with E-state index in [4.69, 9.17) is 0 Å².